The van der Waals surface area contributed by atoms with Crippen molar-refractivity contribution in [2.75, 3.05) is 32.1 Å². The number of anilines is 1. The second-order valence-corrected chi connectivity index (χ2v) is 5.48. The Morgan fingerprint density at radius 1 is 1.50 bits per heavy atom. The van der Waals surface area contributed by atoms with Crippen LogP contribution in [0.4, 0.5) is 5.69 Å². The standard InChI is InChI=1S/C16H24N2O2/c1-4-16(9-6-10-17-12-16)15(19)18(2)13-7-5-8-14(11-13)20-3/h5,7-8,11,17H,4,6,9-10,12H2,1-3H3. The topological polar surface area (TPSA) is 41.6 Å². The largest absolute Gasteiger partial charge is 0.497 e. The Morgan fingerprint density at radius 2 is 2.30 bits per heavy atom. The molecule has 0 aliphatic carbocycles. The van der Waals surface area contributed by atoms with Gasteiger partial charge in [-0.3, -0.25) is 4.79 Å². The number of methoxy groups -OCH3 is 1. The lowest BCUT2D eigenvalue weighted by Crippen LogP contribution is -2.50. The van der Waals surface area contributed by atoms with Gasteiger partial charge in [-0.05, 0) is 37.9 Å². The Bertz CT molecular complexity index is 467. The predicted octanol–water partition coefficient (Wildman–Crippen LogP) is 2.44. The summed E-state index contributed by atoms with van der Waals surface area (Å²) in [5.74, 6) is 0.968. The zero-order valence-electron chi connectivity index (χ0n) is 12.6. The fraction of sp³-hybridized carbons (Fsp3) is 0.562. The number of carbonyl (C=O) groups excluding carboxylic acids is 1. The van der Waals surface area contributed by atoms with Gasteiger partial charge in [0.05, 0.1) is 12.5 Å². The molecule has 0 aromatic heterocycles. The monoisotopic (exact) mass is 276 g/mol. The number of amides is 1. The van der Waals surface area contributed by atoms with E-state index in [1.54, 1.807) is 12.0 Å². The fourth-order valence-electron chi connectivity index (χ4n) is 2.90. The van der Waals surface area contributed by atoms with Gasteiger partial charge < -0.3 is 15.0 Å². The summed E-state index contributed by atoms with van der Waals surface area (Å²) < 4.78 is 5.23. The highest BCUT2D eigenvalue weighted by Gasteiger charge is 2.39. The van der Waals surface area contributed by atoms with Crippen molar-refractivity contribution in [3.8, 4) is 5.75 Å². The molecule has 1 saturated heterocycles. The van der Waals surface area contributed by atoms with Crippen LogP contribution >= 0.6 is 0 Å². The molecule has 1 aliphatic heterocycles. The Labute approximate surface area is 121 Å². The molecule has 110 valence electrons. The highest BCUT2D eigenvalue weighted by Crippen LogP contribution is 2.34. The third-order valence-corrected chi connectivity index (χ3v) is 4.35. The zero-order chi connectivity index (χ0) is 14.6. The van der Waals surface area contributed by atoms with Crippen molar-refractivity contribution in [3.63, 3.8) is 0 Å². The van der Waals surface area contributed by atoms with E-state index in [-0.39, 0.29) is 11.3 Å². The molecule has 20 heavy (non-hydrogen) atoms. The first-order valence-electron chi connectivity index (χ1n) is 7.26. The first-order chi connectivity index (χ1) is 9.63. The lowest BCUT2D eigenvalue weighted by molar-refractivity contribution is -0.129. The Hall–Kier alpha value is -1.55. The Kier molecular flexibility index (Phi) is 4.65. The molecule has 1 aromatic carbocycles. The van der Waals surface area contributed by atoms with Crippen LogP contribution in [0.1, 0.15) is 26.2 Å². The minimum absolute atomic E-state index is 0.195. The van der Waals surface area contributed by atoms with Crippen molar-refractivity contribution in [1.29, 1.82) is 0 Å². The van der Waals surface area contributed by atoms with E-state index in [2.05, 4.69) is 12.2 Å². The minimum Gasteiger partial charge on any atom is -0.497 e. The van der Waals surface area contributed by atoms with Crippen LogP contribution in [0, 0.1) is 5.41 Å². The van der Waals surface area contributed by atoms with Gasteiger partial charge >= 0.3 is 0 Å². The van der Waals surface area contributed by atoms with E-state index in [1.165, 1.54) is 0 Å². The van der Waals surface area contributed by atoms with Gasteiger partial charge in [-0.2, -0.15) is 0 Å². The van der Waals surface area contributed by atoms with Crippen LogP contribution < -0.4 is 15.0 Å². The molecule has 4 heteroatoms. The quantitative estimate of drug-likeness (QED) is 0.918. The maximum atomic E-state index is 12.9. The van der Waals surface area contributed by atoms with Crippen LogP contribution in [-0.2, 0) is 4.79 Å². The second-order valence-electron chi connectivity index (χ2n) is 5.48. The average Bonchev–Trinajstić information content (AvgIpc) is 2.54. The van der Waals surface area contributed by atoms with Crippen molar-refractivity contribution in [1.82, 2.24) is 5.32 Å². The number of hydrogen-bond donors (Lipinski definition) is 1. The molecule has 1 heterocycles. The van der Waals surface area contributed by atoms with Gasteiger partial charge in [-0.1, -0.05) is 13.0 Å². The Morgan fingerprint density at radius 3 is 2.90 bits per heavy atom. The van der Waals surface area contributed by atoms with Gasteiger partial charge in [0.2, 0.25) is 5.91 Å². The summed E-state index contributed by atoms with van der Waals surface area (Å²) in [6, 6.07) is 7.65. The Balaban J connectivity index is 2.22. The number of piperidine rings is 1. The summed E-state index contributed by atoms with van der Waals surface area (Å²) in [5, 5.41) is 3.36. The van der Waals surface area contributed by atoms with Crippen LogP contribution in [0.15, 0.2) is 24.3 Å². The fourth-order valence-corrected chi connectivity index (χ4v) is 2.90. The SMILES string of the molecule is CCC1(C(=O)N(C)c2cccc(OC)c2)CCCNC1. The summed E-state index contributed by atoms with van der Waals surface area (Å²) in [6.07, 6.45) is 2.89. The molecule has 1 fully saturated rings. The number of nitrogens with one attached hydrogen (secondary N) is 1. The van der Waals surface area contributed by atoms with Crippen LogP contribution in [0.5, 0.6) is 5.75 Å². The third-order valence-electron chi connectivity index (χ3n) is 4.35. The van der Waals surface area contributed by atoms with Crippen molar-refractivity contribution in [2.45, 2.75) is 26.2 Å². The molecular weight excluding hydrogens is 252 g/mol. The van der Waals surface area contributed by atoms with E-state index in [9.17, 15) is 4.79 Å². The van der Waals surface area contributed by atoms with Crippen LogP contribution in [-0.4, -0.2) is 33.2 Å². The molecule has 1 atom stereocenters. The lowest BCUT2D eigenvalue weighted by Gasteiger charge is -2.38. The number of hydrogen-bond acceptors (Lipinski definition) is 3. The molecule has 4 nitrogen and oxygen atoms in total. The molecule has 1 aliphatic rings. The van der Waals surface area contributed by atoms with Crippen LogP contribution in [0.25, 0.3) is 0 Å². The van der Waals surface area contributed by atoms with Crippen molar-refractivity contribution in [2.24, 2.45) is 5.41 Å². The third kappa shape index (κ3) is 2.80. The predicted molar refractivity (Wildman–Crippen MR) is 81.2 cm³/mol. The number of carbonyl (C=O) groups is 1. The average molecular weight is 276 g/mol. The molecule has 1 N–H and O–H groups in total. The molecule has 1 unspecified atom stereocenters. The van der Waals surface area contributed by atoms with Gasteiger partial charge in [-0.25, -0.2) is 0 Å². The van der Waals surface area contributed by atoms with Gasteiger partial charge in [-0.15, -0.1) is 0 Å². The summed E-state index contributed by atoms with van der Waals surface area (Å²) in [6.45, 7) is 3.89. The summed E-state index contributed by atoms with van der Waals surface area (Å²) in [7, 11) is 3.49. The smallest absolute Gasteiger partial charge is 0.234 e. The molecule has 2 rings (SSSR count). The van der Waals surface area contributed by atoms with Crippen molar-refractivity contribution < 1.29 is 9.53 Å². The number of benzene rings is 1. The van der Waals surface area contributed by atoms with Crippen LogP contribution in [0.2, 0.25) is 0 Å². The summed E-state index contributed by atoms with van der Waals surface area (Å²) in [4.78, 5) is 14.7. The van der Waals surface area contributed by atoms with Crippen molar-refractivity contribution in [3.05, 3.63) is 24.3 Å². The molecule has 1 aromatic rings. The molecule has 0 spiro atoms. The first-order valence-corrected chi connectivity index (χ1v) is 7.26. The second kappa shape index (κ2) is 6.27. The minimum atomic E-state index is -0.268. The van der Waals surface area contributed by atoms with E-state index in [0.29, 0.717) is 0 Å². The maximum Gasteiger partial charge on any atom is 0.234 e. The number of ether oxygens (including phenoxy) is 1. The van der Waals surface area contributed by atoms with Gasteiger partial charge in [0.25, 0.3) is 0 Å². The molecular formula is C16H24N2O2. The summed E-state index contributed by atoms with van der Waals surface area (Å²) >= 11 is 0. The first kappa shape index (κ1) is 14.9. The van der Waals surface area contributed by atoms with Gasteiger partial charge in [0, 0.05) is 25.3 Å². The zero-order valence-corrected chi connectivity index (χ0v) is 12.6. The van der Waals surface area contributed by atoms with E-state index in [1.807, 2.05) is 31.3 Å². The van der Waals surface area contributed by atoms with E-state index in [4.69, 9.17) is 4.74 Å². The molecule has 0 radical (unpaired) electrons. The normalized spacial score (nSPS) is 22.4. The molecule has 0 saturated carbocycles. The number of rotatable bonds is 4. The lowest BCUT2D eigenvalue weighted by atomic mass is 9.77. The van der Waals surface area contributed by atoms with E-state index < -0.39 is 0 Å². The molecule has 0 bridgehead atoms. The highest BCUT2D eigenvalue weighted by atomic mass is 16.5. The van der Waals surface area contributed by atoms with Crippen LogP contribution in [0.3, 0.4) is 0 Å². The van der Waals surface area contributed by atoms with Crippen molar-refractivity contribution >= 4 is 11.6 Å². The molecule has 1 amide bonds. The number of nitrogens with zero attached hydrogens (tertiary/aromatic N) is 1. The van der Waals surface area contributed by atoms with Gasteiger partial charge in [0.1, 0.15) is 5.75 Å². The maximum absolute atomic E-state index is 12.9. The van der Waals surface area contributed by atoms with E-state index in [0.717, 1.165) is 43.8 Å². The highest BCUT2D eigenvalue weighted by molar-refractivity contribution is 5.97. The van der Waals surface area contributed by atoms with E-state index >= 15 is 0 Å². The summed E-state index contributed by atoms with van der Waals surface area (Å²) in [5.41, 5.74) is 0.614. The van der Waals surface area contributed by atoms with Gasteiger partial charge in [0.15, 0.2) is 0 Å².